The summed E-state index contributed by atoms with van der Waals surface area (Å²) in [7, 11) is 0. The van der Waals surface area contributed by atoms with E-state index in [-0.39, 0.29) is 54.2 Å². The molecule has 0 radical (unpaired) electrons. The van der Waals surface area contributed by atoms with E-state index in [0.717, 1.165) is 83.3 Å². The SMILES string of the molecule is CC1NC(C2CCC3CCC4(CCCC4)CCC(O)(CC(=O)O)CNC4(C)CC(N)NC(Cc5cccc(c5)CC3C2CC=O)C4)CCC1O. The number of aliphatic hydroxyl groups excluding tert-OH is 1. The fourth-order valence-corrected chi connectivity index (χ4v) is 11.5. The molecule has 0 amide bonds. The van der Waals surface area contributed by atoms with Crippen molar-refractivity contribution in [1.82, 2.24) is 16.0 Å². The summed E-state index contributed by atoms with van der Waals surface area (Å²) >= 11 is 0. The number of hydrogen-bond acceptors (Lipinski definition) is 8. The first-order valence-corrected chi connectivity index (χ1v) is 20.0. The number of benzene rings is 1. The van der Waals surface area contributed by atoms with E-state index in [2.05, 4.69) is 54.1 Å². The van der Waals surface area contributed by atoms with Crippen molar-refractivity contribution in [1.29, 1.82) is 0 Å². The number of carboxylic acid groups (broad SMARTS) is 1. The number of carboxylic acids is 1. The van der Waals surface area contributed by atoms with Crippen molar-refractivity contribution in [3.8, 4) is 0 Å². The number of aliphatic hydroxyl groups is 2. The van der Waals surface area contributed by atoms with E-state index in [9.17, 15) is 24.9 Å². The molecule has 9 heteroatoms. The molecule has 50 heavy (non-hydrogen) atoms. The molecule has 9 nitrogen and oxygen atoms in total. The number of fused-ring (bicyclic) bond motifs is 5. The summed E-state index contributed by atoms with van der Waals surface area (Å²) in [4.78, 5) is 24.5. The summed E-state index contributed by atoms with van der Waals surface area (Å²) < 4.78 is 0. The summed E-state index contributed by atoms with van der Waals surface area (Å²) in [6.45, 7) is 4.50. The Kier molecular flexibility index (Phi) is 12.1. The Balaban J connectivity index is 1.33. The molecule has 1 aromatic rings. The molecule has 3 aliphatic heterocycles. The Labute approximate surface area is 300 Å². The average Bonchev–Trinajstić information content (AvgIpc) is 3.53. The van der Waals surface area contributed by atoms with Crippen molar-refractivity contribution in [2.24, 2.45) is 34.8 Å². The molecular formula is C41H66N4O5. The highest BCUT2D eigenvalue weighted by Crippen LogP contribution is 2.52. The van der Waals surface area contributed by atoms with Gasteiger partial charge in [-0.25, -0.2) is 0 Å². The van der Waals surface area contributed by atoms with Crippen molar-refractivity contribution in [3.05, 3.63) is 35.4 Å². The maximum absolute atomic E-state index is 12.4. The lowest BCUT2D eigenvalue weighted by atomic mass is 9.59. The molecule has 8 N–H and O–H groups in total. The lowest BCUT2D eigenvalue weighted by molar-refractivity contribution is -0.143. The zero-order chi connectivity index (χ0) is 35.5. The molecule has 11 atom stereocenters. The maximum atomic E-state index is 12.4. The topological polar surface area (TPSA) is 157 Å². The number of nitrogens with one attached hydrogen (secondary N) is 3. The number of carbonyl (C=O) groups is 2. The van der Waals surface area contributed by atoms with Crippen molar-refractivity contribution < 1.29 is 24.9 Å². The molecule has 11 unspecified atom stereocenters. The number of β-amino-alcohol motifs (C(OH)–C–C–N with tert-alkyl or cyclic N) is 1. The van der Waals surface area contributed by atoms with Gasteiger partial charge in [0, 0.05) is 36.6 Å². The minimum Gasteiger partial charge on any atom is -0.481 e. The van der Waals surface area contributed by atoms with Gasteiger partial charge in [-0.3, -0.25) is 10.1 Å². The molecule has 2 aliphatic carbocycles. The fourth-order valence-electron chi connectivity index (χ4n) is 11.5. The van der Waals surface area contributed by atoms with Gasteiger partial charge in [0.1, 0.15) is 6.29 Å². The van der Waals surface area contributed by atoms with E-state index in [1.54, 1.807) is 0 Å². The zero-order valence-corrected chi connectivity index (χ0v) is 30.8. The average molecular weight is 695 g/mol. The molecule has 2 saturated carbocycles. The van der Waals surface area contributed by atoms with Crippen LogP contribution < -0.4 is 21.7 Å². The molecule has 1 spiro atoms. The van der Waals surface area contributed by atoms with Crippen LogP contribution in [0, 0.1) is 29.1 Å². The van der Waals surface area contributed by atoms with Gasteiger partial charge < -0.3 is 36.5 Å². The van der Waals surface area contributed by atoms with Gasteiger partial charge >= 0.3 is 5.97 Å². The van der Waals surface area contributed by atoms with Gasteiger partial charge in [0.05, 0.1) is 24.3 Å². The standard InChI is InChI=1S/C41H66N4O5/c1-27-36(47)11-10-35(44-27)33-9-8-30-12-16-40(14-3-4-15-40)17-18-41(50,25-38(48)49)26-43-39(2)23-31(45-37(42)24-39)21-28-6-5-7-29(20-28)22-34(30)32(33)13-19-46/h5-7,19-20,27,30-37,43-45,47,50H,3-4,8-18,21-26,42H2,1-2H3,(H,48,49). The maximum Gasteiger partial charge on any atom is 0.306 e. The van der Waals surface area contributed by atoms with Gasteiger partial charge in [-0.05, 0) is 144 Å². The van der Waals surface area contributed by atoms with E-state index in [1.807, 2.05) is 0 Å². The first-order valence-electron chi connectivity index (χ1n) is 20.0. The molecule has 280 valence electrons. The molecule has 6 rings (SSSR count). The van der Waals surface area contributed by atoms with Crippen LogP contribution in [0.4, 0.5) is 0 Å². The summed E-state index contributed by atoms with van der Waals surface area (Å²) in [5, 5.41) is 43.4. The molecule has 4 bridgehead atoms. The van der Waals surface area contributed by atoms with E-state index in [0.29, 0.717) is 43.1 Å². The highest BCUT2D eigenvalue weighted by atomic mass is 16.4. The molecule has 1 aromatic carbocycles. The second-order valence-electron chi connectivity index (χ2n) is 18.0. The van der Waals surface area contributed by atoms with Crippen LogP contribution in [-0.4, -0.2) is 75.7 Å². The van der Waals surface area contributed by atoms with Crippen LogP contribution in [0.25, 0.3) is 0 Å². The number of aldehydes is 1. The Morgan fingerprint density at radius 3 is 2.44 bits per heavy atom. The number of carbonyl (C=O) groups excluding carboxylic acids is 1. The van der Waals surface area contributed by atoms with Crippen molar-refractivity contribution in [3.63, 3.8) is 0 Å². The molecule has 5 aliphatic rings. The number of rotatable bonds is 5. The van der Waals surface area contributed by atoms with Crippen LogP contribution in [-0.2, 0) is 22.4 Å². The smallest absolute Gasteiger partial charge is 0.306 e. The van der Waals surface area contributed by atoms with Gasteiger partial charge in [-0.2, -0.15) is 0 Å². The third-order valence-electron chi connectivity index (χ3n) is 14.2. The number of nitrogens with two attached hydrogens (primary N) is 1. The van der Waals surface area contributed by atoms with Crippen LogP contribution >= 0.6 is 0 Å². The van der Waals surface area contributed by atoms with Crippen LogP contribution in [0.15, 0.2) is 24.3 Å². The second kappa shape index (κ2) is 16.0. The molecule has 2 saturated heterocycles. The minimum atomic E-state index is -1.33. The summed E-state index contributed by atoms with van der Waals surface area (Å²) in [5.74, 6) is 0.612. The molecular weight excluding hydrogens is 628 g/mol. The third-order valence-corrected chi connectivity index (χ3v) is 14.2. The first kappa shape index (κ1) is 37.9. The van der Waals surface area contributed by atoms with E-state index in [4.69, 9.17) is 5.73 Å². The zero-order valence-electron chi connectivity index (χ0n) is 30.8. The van der Waals surface area contributed by atoms with Gasteiger partial charge in [0.2, 0.25) is 0 Å². The third kappa shape index (κ3) is 9.18. The predicted molar refractivity (Wildman–Crippen MR) is 196 cm³/mol. The Bertz CT molecular complexity index is 1310. The first-order chi connectivity index (χ1) is 23.9. The second-order valence-corrected chi connectivity index (χ2v) is 18.0. The largest absolute Gasteiger partial charge is 0.481 e. The van der Waals surface area contributed by atoms with Crippen molar-refractivity contribution >= 4 is 12.3 Å². The lowest BCUT2D eigenvalue weighted by Crippen LogP contribution is -2.63. The summed E-state index contributed by atoms with van der Waals surface area (Å²) in [6, 6.07) is 9.60. The predicted octanol–water partition coefficient (Wildman–Crippen LogP) is 4.85. The van der Waals surface area contributed by atoms with Gasteiger partial charge in [-0.15, -0.1) is 0 Å². The quantitative estimate of drug-likeness (QED) is 0.214. The Hall–Kier alpha value is -1.88. The summed E-state index contributed by atoms with van der Waals surface area (Å²) in [6.07, 6.45) is 16.4. The number of hydrogen-bond donors (Lipinski definition) is 7. The van der Waals surface area contributed by atoms with Crippen LogP contribution in [0.1, 0.15) is 128 Å². The minimum absolute atomic E-state index is 0.0610. The van der Waals surface area contributed by atoms with E-state index in [1.165, 1.54) is 24.0 Å². The molecule has 0 aromatic heterocycles. The van der Waals surface area contributed by atoms with Crippen LogP contribution in [0.3, 0.4) is 0 Å². The Morgan fingerprint density at radius 2 is 1.72 bits per heavy atom. The van der Waals surface area contributed by atoms with Gasteiger partial charge in [0.25, 0.3) is 0 Å². The van der Waals surface area contributed by atoms with Gasteiger partial charge in [0.15, 0.2) is 0 Å². The van der Waals surface area contributed by atoms with Crippen molar-refractivity contribution in [2.75, 3.05) is 6.54 Å². The fraction of sp³-hybridized carbons (Fsp3) is 0.805. The number of aliphatic carboxylic acids is 1. The normalized spacial score (nSPS) is 41.4. The number of piperidine rings is 2. The van der Waals surface area contributed by atoms with E-state index < -0.39 is 11.6 Å². The van der Waals surface area contributed by atoms with Gasteiger partial charge in [-0.1, -0.05) is 37.1 Å². The summed E-state index contributed by atoms with van der Waals surface area (Å²) in [5.41, 5.74) is 7.67. The van der Waals surface area contributed by atoms with Crippen LogP contribution in [0.5, 0.6) is 0 Å². The molecule has 3 heterocycles. The molecule has 4 fully saturated rings. The lowest BCUT2D eigenvalue weighted by Gasteiger charge is -2.49. The Morgan fingerprint density at radius 1 is 0.960 bits per heavy atom. The monoisotopic (exact) mass is 695 g/mol. The highest BCUT2D eigenvalue weighted by molar-refractivity contribution is 5.68. The van der Waals surface area contributed by atoms with Crippen LogP contribution in [0.2, 0.25) is 0 Å². The van der Waals surface area contributed by atoms with E-state index >= 15 is 0 Å². The van der Waals surface area contributed by atoms with Crippen molar-refractivity contribution in [2.45, 2.75) is 171 Å². The highest BCUT2D eigenvalue weighted by Gasteiger charge is 2.46.